The van der Waals surface area contributed by atoms with E-state index in [1.807, 2.05) is 69.3 Å². The smallest absolute Gasteiger partial charge is 0.277 e. The summed E-state index contributed by atoms with van der Waals surface area (Å²) in [5.41, 5.74) is 3.11. The summed E-state index contributed by atoms with van der Waals surface area (Å²) in [7, 11) is 0. The number of carbonyl (C=O) groups excluding carboxylic acids is 1. The molecule has 144 valence electrons. The number of hydrogen-bond donors (Lipinski definition) is 1. The quantitative estimate of drug-likeness (QED) is 0.653. The lowest BCUT2D eigenvalue weighted by molar-refractivity contribution is 0.0983. The number of hydrogen-bond acceptors (Lipinski definition) is 5. The number of nitrogens with one attached hydrogen (secondary N) is 1. The summed E-state index contributed by atoms with van der Waals surface area (Å²) in [6.07, 6.45) is 1.58. The van der Waals surface area contributed by atoms with Crippen LogP contribution in [0.2, 0.25) is 0 Å². The number of carbonyl (C=O) groups is 1. The van der Waals surface area contributed by atoms with Gasteiger partial charge in [-0.15, -0.1) is 0 Å². The number of amides is 1. The van der Waals surface area contributed by atoms with Crippen molar-refractivity contribution in [2.45, 2.75) is 20.8 Å². The zero-order chi connectivity index (χ0) is 19.9. The molecule has 1 aromatic heterocycles. The summed E-state index contributed by atoms with van der Waals surface area (Å²) in [5.74, 6) is 1.01. The minimum absolute atomic E-state index is 0.162. The standard InChI is InChI=1S/C22H24N4O2/c1-4-26(18-8-6-7-16(3)15-18)21(27)20-13-14-23-22(25-20)24-17-9-11-19(12-10-17)28-5-2/h6-15H,4-5H2,1-3H3,(H,23,24,25). The summed E-state index contributed by atoms with van der Waals surface area (Å²) in [6, 6.07) is 17.0. The van der Waals surface area contributed by atoms with E-state index in [4.69, 9.17) is 4.74 Å². The van der Waals surface area contributed by atoms with Gasteiger partial charge in [0.15, 0.2) is 0 Å². The molecule has 0 aliphatic carbocycles. The molecular formula is C22H24N4O2. The number of benzene rings is 2. The monoisotopic (exact) mass is 376 g/mol. The molecule has 0 aliphatic heterocycles. The van der Waals surface area contributed by atoms with Gasteiger partial charge in [-0.05, 0) is 68.8 Å². The van der Waals surface area contributed by atoms with Crippen LogP contribution >= 0.6 is 0 Å². The van der Waals surface area contributed by atoms with E-state index in [-0.39, 0.29) is 5.91 Å². The fourth-order valence-corrected chi connectivity index (χ4v) is 2.85. The van der Waals surface area contributed by atoms with Crippen LogP contribution in [-0.2, 0) is 0 Å². The first-order valence-corrected chi connectivity index (χ1v) is 9.32. The van der Waals surface area contributed by atoms with Crippen molar-refractivity contribution in [3.05, 3.63) is 72.1 Å². The predicted octanol–water partition coefficient (Wildman–Crippen LogP) is 4.59. The number of aryl methyl sites for hydroxylation is 1. The van der Waals surface area contributed by atoms with Crippen LogP contribution in [0.5, 0.6) is 5.75 Å². The van der Waals surface area contributed by atoms with E-state index in [2.05, 4.69) is 15.3 Å². The average Bonchev–Trinajstić information content (AvgIpc) is 2.70. The molecule has 0 atom stereocenters. The summed E-state index contributed by atoms with van der Waals surface area (Å²) in [6.45, 7) is 7.06. The summed E-state index contributed by atoms with van der Waals surface area (Å²) in [5, 5.41) is 3.13. The van der Waals surface area contributed by atoms with Crippen LogP contribution in [0, 0.1) is 6.92 Å². The van der Waals surface area contributed by atoms with Gasteiger partial charge in [0, 0.05) is 24.1 Å². The zero-order valence-corrected chi connectivity index (χ0v) is 16.3. The van der Waals surface area contributed by atoms with Crippen molar-refractivity contribution in [1.29, 1.82) is 0 Å². The molecule has 3 rings (SSSR count). The third-order valence-electron chi connectivity index (χ3n) is 4.17. The van der Waals surface area contributed by atoms with E-state index >= 15 is 0 Å². The maximum absolute atomic E-state index is 13.0. The normalized spacial score (nSPS) is 10.4. The molecule has 1 N–H and O–H groups in total. The zero-order valence-electron chi connectivity index (χ0n) is 16.3. The summed E-state index contributed by atoms with van der Waals surface area (Å²) in [4.78, 5) is 23.3. The van der Waals surface area contributed by atoms with Crippen LogP contribution < -0.4 is 15.0 Å². The highest BCUT2D eigenvalue weighted by Gasteiger charge is 2.18. The summed E-state index contributed by atoms with van der Waals surface area (Å²) >= 11 is 0. The topological polar surface area (TPSA) is 67.3 Å². The van der Waals surface area contributed by atoms with Crippen molar-refractivity contribution < 1.29 is 9.53 Å². The van der Waals surface area contributed by atoms with Gasteiger partial charge in [0.05, 0.1) is 6.61 Å². The van der Waals surface area contributed by atoms with Crippen molar-refractivity contribution in [1.82, 2.24) is 9.97 Å². The maximum atomic E-state index is 13.0. The highest BCUT2D eigenvalue weighted by atomic mass is 16.5. The van der Waals surface area contributed by atoms with E-state index in [9.17, 15) is 4.79 Å². The maximum Gasteiger partial charge on any atom is 0.277 e. The largest absolute Gasteiger partial charge is 0.494 e. The second-order valence-corrected chi connectivity index (χ2v) is 6.24. The number of rotatable bonds is 7. The van der Waals surface area contributed by atoms with Gasteiger partial charge in [-0.3, -0.25) is 4.79 Å². The molecule has 6 heteroatoms. The van der Waals surface area contributed by atoms with Crippen LogP contribution in [-0.4, -0.2) is 29.0 Å². The molecule has 3 aromatic rings. The Balaban J connectivity index is 1.78. The van der Waals surface area contributed by atoms with Crippen molar-refractivity contribution in [3.8, 4) is 5.75 Å². The molecule has 6 nitrogen and oxygen atoms in total. The molecule has 1 amide bonds. The molecule has 0 radical (unpaired) electrons. The Morgan fingerprint density at radius 1 is 1.11 bits per heavy atom. The minimum atomic E-state index is -0.162. The van der Waals surface area contributed by atoms with E-state index in [0.717, 1.165) is 22.7 Å². The second-order valence-electron chi connectivity index (χ2n) is 6.24. The van der Waals surface area contributed by atoms with E-state index < -0.39 is 0 Å². The predicted molar refractivity (Wildman–Crippen MR) is 111 cm³/mol. The number of aromatic nitrogens is 2. The van der Waals surface area contributed by atoms with Crippen molar-refractivity contribution in [2.75, 3.05) is 23.4 Å². The molecule has 2 aromatic carbocycles. The van der Waals surface area contributed by atoms with Gasteiger partial charge in [0.25, 0.3) is 5.91 Å². The van der Waals surface area contributed by atoms with Crippen LogP contribution in [0.15, 0.2) is 60.8 Å². The molecule has 0 saturated carbocycles. The van der Waals surface area contributed by atoms with Crippen LogP contribution in [0.3, 0.4) is 0 Å². The Labute approximate surface area is 165 Å². The van der Waals surface area contributed by atoms with Gasteiger partial charge in [-0.1, -0.05) is 12.1 Å². The van der Waals surface area contributed by atoms with Gasteiger partial charge in [0.2, 0.25) is 5.95 Å². The lowest BCUT2D eigenvalue weighted by Crippen LogP contribution is -2.31. The van der Waals surface area contributed by atoms with Gasteiger partial charge in [-0.2, -0.15) is 0 Å². The first-order chi connectivity index (χ1) is 13.6. The van der Waals surface area contributed by atoms with Crippen molar-refractivity contribution in [3.63, 3.8) is 0 Å². The SMILES string of the molecule is CCOc1ccc(Nc2nccc(C(=O)N(CC)c3cccc(C)c3)n2)cc1. The summed E-state index contributed by atoms with van der Waals surface area (Å²) < 4.78 is 5.44. The molecule has 0 fully saturated rings. The first-order valence-electron chi connectivity index (χ1n) is 9.32. The lowest BCUT2D eigenvalue weighted by atomic mass is 10.2. The molecular weight excluding hydrogens is 352 g/mol. The lowest BCUT2D eigenvalue weighted by Gasteiger charge is -2.21. The third-order valence-corrected chi connectivity index (χ3v) is 4.17. The second kappa shape index (κ2) is 8.99. The average molecular weight is 376 g/mol. The van der Waals surface area contributed by atoms with E-state index in [1.54, 1.807) is 17.2 Å². The van der Waals surface area contributed by atoms with E-state index in [1.165, 1.54) is 0 Å². The number of nitrogens with zero attached hydrogens (tertiary/aromatic N) is 3. The molecule has 0 unspecified atom stereocenters. The highest BCUT2D eigenvalue weighted by molar-refractivity contribution is 6.04. The van der Waals surface area contributed by atoms with Crippen molar-refractivity contribution >= 4 is 23.2 Å². The number of anilines is 3. The van der Waals surface area contributed by atoms with Crippen LogP contribution in [0.4, 0.5) is 17.3 Å². The number of ether oxygens (including phenoxy) is 1. The Kier molecular flexibility index (Phi) is 6.22. The third kappa shape index (κ3) is 4.65. The van der Waals surface area contributed by atoms with Gasteiger partial charge in [-0.25, -0.2) is 9.97 Å². The van der Waals surface area contributed by atoms with Gasteiger partial charge in [0.1, 0.15) is 11.4 Å². The molecule has 0 spiro atoms. The highest BCUT2D eigenvalue weighted by Crippen LogP contribution is 2.20. The molecule has 28 heavy (non-hydrogen) atoms. The Bertz CT molecular complexity index is 941. The van der Waals surface area contributed by atoms with Gasteiger partial charge >= 0.3 is 0 Å². The molecule has 0 saturated heterocycles. The fraction of sp³-hybridized carbons (Fsp3) is 0.227. The van der Waals surface area contributed by atoms with E-state index in [0.29, 0.717) is 24.8 Å². The Hall–Kier alpha value is -3.41. The first kappa shape index (κ1) is 19.4. The van der Waals surface area contributed by atoms with Crippen molar-refractivity contribution in [2.24, 2.45) is 0 Å². The van der Waals surface area contributed by atoms with Gasteiger partial charge < -0.3 is 15.0 Å². The molecule has 0 aliphatic rings. The molecule has 1 heterocycles. The van der Waals surface area contributed by atoms with Crippen LogP contribution in [0.25, 0.3) is 0 Å². The minimum Gasteiger partial charge on any atom is -0.494 e. The van der Waals surface area contributed by atoms with Crippen LogP contribution in [0.1, 0.15) is 29.9 Å². The fourth-order valence-electron chi connectivity index (χ4n) is 2.85. The molecule has 0 bridgehead atoms. The Morgan fingerprint density at radius 2 is 1.89 bits per heavy atom. The Morgan fingerprint density at radius 3 is 2.57 bits per heavy atom.